The Balaban J connectivity index is 0.00000441. The van der Waals surface area contributed by atoms with Crippen LogP contribution in [0.15, 0.2) is 0 Å². The van der Waals surface area contributed by atoms with Gasteiger partial charge in [-0.15, -0.1) is 0 Å². The molecule has 1 saturated heterocycles. The average molecular weight is 473 g/mol. The largest absolute Gasteiger partial charge is 1.00 e. The van der Waals surface area contributed by atoms with Crippen LogP contribution >= 0.6 is 15.2 Å². The van der Waals surface area contributed by atoms with Crippen molar-refractivity contribution in [3.63, 3.8) is 0 Å². The fourth-order valence-electron chi connectivity index (χ4n) is 3.08. The second-order valence-electron chi connectivity index (χ2n) is 6.63. The molecule has 0 bridgehead atoms. The van der Waals surface area contributed by atoms with Crippen molar-refractivity contribution < 1.29 is 62.3 Å². The zero-order valence-electron chi connectivity index (χ0n) is 12.7. The molecular weight excluding hydrogens is 447 g/mol. The van der Waals surface area contributed by atoms with Gasteiger partial charge in [-0.05, 0) is 25.7 Å². The summed E-state index contributed by atoms with van der Waals surface area (Å²) in [4.78, 5) is 36.2. The van der Waals surface area contributed by atoms with Gasteiger partial charge >= 0.3 is 15.2 Å². The van der Waals surface area contributed by atoms with Crippen molar-refractivity contribution in [1.82, 2.24) is 0 Å². The monoisotopic (exact) mass is 473 g/mol. The minimum absolute atomic E-state index is 0. The van der Waals surface area contributed by atoms with Crippen molar-refractivity contribution >= 4 is 15.2 Å². The van der Waals surface area contributed by atoms with Gasteiger partial charge in [0.15, 0.2) is 5.40 Å². The van der Waals surface area contributed by atoms with Crippen LogP contribution in [0, 0.1) is 5.92 Å². The highest BCUT2D eigenvalue weighted by Gasteiger charge is 2.44. The first kappa shape index (κ1) is 22.9. The highest BCUT2D eigenvalue weighted by molar-refractivity contribution is 7.70. The Kier molecular flexibility index (Phi) is 8.72. The Labute approximate surface area is 147 Å². The number of piperidine rings is 1. The standard InChI is InChI=1S/C11H25NO7P2.HI/c1-12(2)5-3-4-9(8-12)6-10(13)7-11(20(14,15)16)21(17,18)19;/h9-11,13H,3-8H2,1-2H3,(H3-,14,15,16,17,18,19);1H. The highest BCUT2D eigenvalue weighted by Crippen LogP contribution is 2.61. The molecule has 22 heavy (non-hydrogen) atoms. The second kappa shape index (κ2) is 8.36. The van der Waals surface area contributed by atoms with Gasteiger partial charge in [-0.25, -0.2) is 0 Å². The van der Waals surface area contributed by atoms with E-state index in [1.54, 1.807) is 0 Å². The lowest BCUT2D eigenvalue weighted by atomic mass is 9.91. The zero-order chi connectivity index (χ0) is 16.5. The van der Waals surface area contributed by atoms with E-state index in [4.69, 9.17) is 19.6 Å². The van der Waals surface area contributed by atoms with Crippen molar-refractivity contribution in [2.45, 2.75) is 37.2 Å². The number of hydrogen-bond donors (Lipinski definition) is 5. The van der Waals surface area contributed by atoms with Gasteiger partial charge in [0.2, 0.25) is 0 Å². The van der Waals surface area contributed by atoms with E-state index in [2.05, 4.69) is 14.1 Å². The molecule has 8 nitrogen and oxygen atoms in total. The molecule has 1 heterocycles. The third kappa shape index (κ3) is 7.68. The summed E-state index contributed by atoms with van der Waals surface area (Å²) >= 11 is 0. The smallest absolute Gasteiger partial charge is 0.340 e. The Bertz CT molecular complexity index is 428. The van der Waals surface area contributed by atoms with Crippen LogP contribution in [-0.4, -0.2) is 67.9 Å². The van der Waals surface area contributed by atoms with Crippen LogP contribution in [-0.2, 0) is 9.13 Å². The molecule has 0 aliphatic carbocycles. The van der Waals surface area contributed by atoms with Crippen LogP contribution in [0.2, 0.25) is 0 Å². The van der Waals surface area contributed by atoms with Gasteiger partial charge in [-0.1, -0.05) is 0 Å². The maximum Gasteiger partial charge on any atom is 0.340 e. The summed E-state index contributed by atoms with van der Waals surface area (Å²) in [5, 5.41) is 7.86. The highest BCUT2D eigenvalue weighted by atomic mass is 127. The number of nitrogens with zero attached hydrogens (tertiary/aromatic N) is 1. The molecule has 2 atom stereocenters. The van der Waals surface area contributed by atoms with Crippen LogP contribution in [0.3, 0.4) is 0 Å². The first-order valence-electron chi connectivity index (χ1n) is 6.92. The minimum atomic E-state index is -4.96. The van der Waals surface area contributed by atoms with Crippen molar-refractivity contribution in [2.75, 3.05) is 27.2 Å². The molecule has 2 unspecified atom stereocenters. The Morgan fingerprint density at radius 2 is 1.64 bits per heavy atom. The number of rotatable bonds is 6. The van der Waals surface area contributed by atoms with E-state index in [9.17, 15) is 14.2 Å². The fraction of sp³-hybridized carbons (Fsp3) is 1.00. The lowest BCUT2D eigenvalue weighted by molar-refractivity contribution is -0.898. The Morgan fingerprint density at radius 1 is 1.14 bits per heavy atom. The Morgan fingerprint density at radius 3 is 2.05 bits per heavy atom. The summed E-state index contributed by atoms with van der Waals surface area (Å²) in [7, 11) is -5.76. The van der Waals surface area contributed by atoms with Crippen LogP contribution in [0.4, 0.5) is 0 Å². The first-order chi connectivity index (χ1) is 9.31. The van der Waals surface area contributed by atoms with Crippen LogP contribution in [0.25, 0.3) is 0 Å². The third-order valence-corrected chi connectivity index (χ3v) is 7.77. The number of aliphatic hydroxyl groups excluding tert-OH is 1. The number of quaternary nitrogens is 1. The fourth-order valence-corrected chi connectivity index (χ4v) is 5.68. The molecule has 0 saturated carbocycles. The van der Waals surface area contributed by atoms with Gasteiger partial charge in [0.05, 0.1) is 33.3 Å². The van der Waals surface area contributed by atoms with Gasteiger partial charge < -0.3 is 53.1 Å². The topological polar surface area (TPSA) is 135 Å². The normalized spacial score (nSPS) is 23.9. The molecule has 0 spiro atoms. The SMILES string of the molecule is C[N+]1(C)CCCC(CC(O)CC(P(=O)(O)O)P(=O)(O)O)C1.[I-]. The molecule has 1 fully saturated rings. The molecule has 134 valence electrons. The summed E-state index contributed by atoms with van der Waals surface area (Å²) in [5.41, 5.74) is 0. The molecule has 11 heteroatoms. The molecule has 1 aliphatic heterocycles. The summed E-state index contributed by atoms with van der Waals surface area (Å²) in [6, 6.07) is 0. The molecule has 0 radical (unpaired) electrons. The predicted molar refractivity (Wildman–Crippen MR) is 77.7 cm³/mol. The summed E-state index contributed by atoms with van der Waals surface area (Å²) in [6.45, 7) is 1.88. The predicted octanol–water partition coefficient (Wildman–Crippen LogP) is -2.70. The van der Waals surface area contributed by atoms with E-state index in [-0.39, 0.29) is 29.9 Å². The van der Waals surface area contributed by atoms with E-state index in [1.807, 2.05) is 0 Å². The number of halogens is 1. The second-order valence-corrected chi connectivity index (χ2v) is 10.6. The van der Waals surface area contributed by atoms with Gasteiger partial charge in [0, 0.05) is 5.92 Å². The van der Waals surface area contributed by atoms with E-state index >= 15 is 0 Å². The molecule has 0 amide bonds. The van der Waals surface area contributed by atoms with Gasteiger partial charge in [-0.3, -0.25) is 9.13 Å². The average Bonchev–Trinajstić information content (AvgIpc) is 2.21. The molecule has 0 aromatic rings. The first-order valence-corrected chi connectivity index (χ1v) is 10.3. The third-order valence-electron chi connectivity index (χ3n) is 3.99. The van der Waals surface area contributed by atoms with Crippen molar-refractivity contribution in [3.05, 3.63) is 0 Å². The van der Waals surface area contributed by atoms with Crippen LogP contribution < -0.4 is 24.0 Å². The number of hydrogen-bond acceptors (Lipinski definition) is 3. The maximum atomic E-state index is 11.2. The minimum Gasteiger partial charge on any atom is -1.00 e. The molecular formula is C11H26INO7P2. The van der Waals surface area contributed by atoms with Crippen LogP contribution in [0.5, 0.6) is 0 Å². The maximum absolute atomic E-state index is 11.2. The summed E-state index contributed by atoms with van der Waals surface area (Å²) in [5.74, 6) is 0.193. The van der Waals surface area contributed by atoms with Crippen LogP contribution in [0.1, 0.15) is 25.7 Å². The Hall–Kier alpha value is 0.950. The molecule has 1 aliphatic rings. The van der Waals surface area contributed by atoms with Gasteiger partial charge in [0.25, 0.3) is 0 Å². The summed E-state index contributed by atoms with van der Waals surface area (Å²) < 4.78 is 23.2. The molecule has 5 N–H and O–H groups in total. The molecule has 0 aromatic heterocycles. The van der Waals surface area contributed by atoms with Gasteiger partial charge in [-0.2, -0.15) is 0 Å². The number of likely N-dealkylation sites (tertiary alicyclic amines) is 1. The molecule has 1 rings (SSSR count). The number of aliphatic hydroxyl groups is 1. The summed E-state index contributed by atoms with van der Waals surface area (Å²) in [6.07, 6.45) is 0.509. The van der Waals surface area contributed by atoms with E-state index in [0.717, 1.165) is 30.4 Å². The van der Waals surface area contributed by atoms with E-state index < -0.39 is 33.1 Å². The van der Waals surface area contributed by atoms with Crippen molar-refractivity contribution in [2.24, 2.45) is 5.92 Å². The molecule has 0 aromatic carbocycles. The quantitative estimate of drug-likeness (QED) is 0.161. The lowest BCUT2D eigenvalue weighted by Gasteiger charge is -2.38. The van der Waals surface area contributed by atoms with Crippen molar-refractivity contribution in [1.29, 1.82) is 0 Å². The van der Waals surface area contributed by atoms with Crippen molar-refractivity contribution in [3.8, 4) is 0 Å². The lowest BCUT2D eigenvalue weighted by Crippen LogP contribution is -3.00. The van der Waals surface area contributed by atoms with E-state index in [1.165, 1.54) is 0 Å². The zero-order valence-corrected chi connectivity index (χ0v) is 16.7. The van der Waals surface area contributed by atoms with E-state index in [0.29, 0.717) is 6.42 Å². The van der Waals surface area contributed by atoms with Gasteiger partial charge in [0.1, 0.15) is 0 Å².